The van der Waals surface area contributed by atoms with Crippen LogP contribution in [0.25, 0.3) is 11.1 Å². The van der Waals surface area contributed by atoms with Crippen molar-refractivity contribution in [2.24, 2.45) is 0 Å². The fourth-order valence-electron chi connectivity index (χ4n) is 2.29. The van der Waals surface area contributed by atoms with Crippen molar-refractivity contribution in [3.8, 4) is 28.4 Å². The number of carboxylic acids is 3. The van der Waals surface area contributed by atoms with Crippen LogP contribution in [0, 0.1) is 0 Å². The molecule has 0 aliphatic heterocycles. The number of carboxylic acid groups (broad SMARTS) is 3. The number of carbonyl (C=O) groups is 3. The Hall–Kier alpha value is -3.82. The third-order valence-electron chi connectivity index (χ3n) is 3.39. The highest BCUT2D eigenvalue weighted by atomic mass is 16.5. The van der Waals surface area contributed by atoms with Crippen molar-refractivity contribution < 1.29 is 43.9 Å². The SMILES string of the molecule is COc1cc(OCC(=O)O)cc(OC)c1-c1cc(C(=O)O)nc(C(=O)O)c1. The topological polar surface area (TPSA) is 152 Å². The Labute approximate surface area is 152 Å². The number of aliphatic carboxylic acids is 1. The number of ether oxygens (including phenoxy) is 3. The molecule has 3 N–H and O–H groups in total. The molecule has 1 aromatic carbocycles. The number of hydrogen-bond donors (Lipinski definition) is 3. The van der Waals surface area contributed by atoms with Gasteiger partial charge in [-0.05, 0) is 17.7 Å². The maximum Gasteiger partial charge on any atom is 0.354 e. The molecular formula is C17H15NO9. The highest BCUT2D eigenvalue weighted by Gasteiger charge is 2.20. The van der Waals surface area contributed by atoms with E-state index in [4.69, 9.17) is 19.3 Å². The van der Waals surface area contributed by atoms with Crippen molar-refractivity contribution in [3.05, 3.63) is 35.7 Å². The molecule has 0 spiro atoms. The van der Waals surface area contributed by atoms with Gasteiger partial charge in [-0.25, -0.2) is 19.4 Å². The molecule has 0 unspecified atom stereocenters. The summed E-state index contributed by atoms with van der Waals surface area (Å²) < 4.78 is 15.6. The molecule has 10 nitrogen and oxygen atoms in total. The molecule has 0 amide bonds. The monoisotopic (exact) mass is 377 g/mol. The molecule has 0 radical (unpaired) electrons. The molecule has 27 heavy (non-hydrogen) atoms. The molecule has 142 valence electrons. The Morgan fingerprint density at radius 1 is 0.889 bits per heavy atom. The van der Waals surface area contributed by atoms with E-state index < -0.39 is 35.9 Å². The van der Waals surface area contributed by atoms with Crippen molar-refractivity contribution in [2.75, 3.05) is 20.8 Å². The summed E-state index contributed by atoms with van der Waals surface area (Å²) in [4.78, 5) is 36.8. The summed E-state index contributed by atoms with van der Waals surface area (Å²) in [6.07, 6.45) is 0. The molecule has 0 aliphatic rings. The number of aromatic nitrogens is 1. The quantitative estimate of drug-likeness (QED) is 0.618. The van der Waals surface area contributed by atoms with E-state index in [1.54, 1.807) is 0 Å². The van der Waals surface area contributed by atoms with Crippen molar-refractivity contribution in [1.29, 1.82) is 0 Å². The minimum absolute atomic E-state index is 0.140. The lowest BCUT2D eigenvalue weighted by molar-refractivity contribution is -0.139. The first-order chi connectivity index (χ1) is 12.8. The Kier molecular flexibility index (Phi) is 5.81. The first-order valence-corrected chi connectivity index (χ1v) is 7.36. The maximum absolute atomic E-state index is 11.3. The molecular weight excluding hydrogens is 362 g/mol. The zero-order chi connectivity index (χ0) is 20.1. The van der Waals surface area contributed by atoms with Crippen LogP contribution in [0.2, 0.25) is 0 Å². The second-order valence-electron chi connectivity index (χ2n) is 5.12. The van der Waals surface area contributed by atoms with Crippen molar-refractivity contribution in [3.63, 3.8) is 0 Å². The highest BCUT2D eigenvalue weighted by molar-refractivity contribution is 5.93. The van der Waals surface area contributed by atoms with Gasteiger partial charge >= 0.3 is 17.9 Å². The maximum atomic E-state index is 11.3. The van der Waals surface area contributed by atoms with E-state index in [1.807, 2.05) is 0 Å². The van der Waals surface area contributed by atoms with E-state index in [2.05, 4.69) is 4.98 Å². The third-order valence-corrected chi connectivity index (χ3v) is 3.39. The van der Waals surface area contributed by atoms with Gasteiger partial charge in [0.1, 0.15) is 28.6 Å². The number of nitrogens with zero attached hydrogens (tertiary/aromatic N) is 1. The molecule has 0 saturated heterocycles. The molecule has 2 rings (SSSR count). The Bertz CT molecular complexity index is 850. The number of pyridine rings is 1. The van der Waals surface area contributed by atoms with Crippen LogP contribution in [-0.2, 0) is 4.79 Å². The zero-order valence-electron chi connectivity index (χ0n) is 14.3. The minimum atomic E-state index is -1.40. The van der Waals surface area contributed by atoms with Gasteiger partial charge in [0, 0.05) is 12.1 Å². The number of methoxy groups -OCH3 is 2. The Morgan fingerprint density at radius 3 is 1.74 bits per heavy atom. The molecule has 0 atom stereocenters. The highest BCUT2D eigenvalue weighted by Crippen LogP contribution is 2.42. The predicted octanol–water partition coefficient (Wildman–Crippen LogP) is 1.63. The van der Waals surface area contributed by atoms with Crippen molar-refractivity contribution in [2.45, 2.75) is 0 Å². The van der Waals surface area contributed by atoms with Crippen molar-refractivity contribution in [1.82, 2.24) is 4.98 Å². The number of hydrogen-bond acceptors (Lipinski definition) is 7. The smallest absolute Gasteiger partial charge is 0.354 e. The van der Waals surface area contributed by atoms with Crippen LogP contribution < -0.4 is 14.2 Å². The van der Waals surface area contributed by atoms with E-state index in [0.717, 1.165) is 0 Å². The van der Waals surface area contributed by atoms with Crippen LogP contribution >= 0.6 is 0 Å². The zero-order valence-corrected chi connectivity index (χ0v) is 14.3. The molecule has 2 aromatic rings. The molecule has 0 aliphatic carbocycles. The first-order valence-electron chi connectivity index (χ1n) is 7.36. The van der Waals surface area contributed by atoms with Gasteiger partial charge in [0.2, 0.25) is 0 Å². The molecule has 10 heteroatoms. The molecule has 1 heterocycles. The lowest BCUT2D eigenvalue weighted by Crippen LogP contribution is -2.10. The fraction of sp³-hybridized carbons (Fsp3) is 0.176. The summed E-state index contributed by atoms with van der Waals surface area (Å²) >= 11 is 0. The van der Waals surface area contributed by atoms with Crippen LogP contribution in [0.4, 0.5) is 0 Å². The van der Waals surface area contributed by atoms with Gasteiger partial charge in [0.05, 0.1) is 19.8 Å². The number of aromatic carboxylic acids is 2. The van der Waals surface area contributed by atoms with Crippen LogP contribution in [0.3, 0.4) is 0 Å². The molecule has 0 fully saturated rings. The number of benzene rings is 1. The average molecular weight is 377 g/mol. The molecule has 0 saturated carbocycles. The Balaban J connectivity index is 2.68. The third kappa shape index (κ3) is 4.42. The fourth-order valence-corrected chi connectivity index (χ4v) is 2.29. The second kappa shape index (κ2) is 8.04. The second-order valence-corrected chi connectivity index (χ2v) is 5.12. The largest absolute Gasteiger partial charge is 0.496 e. The molecule has 1 aromatic heterocycles. The van der Waals surface area contributed by atoms with E-state index in [-0.39, 0.29) is 28.4 Å². The predicted molar refractivity (Wildman–Crippen MR) is 89.8 cm³/mol. The summed E-state index contributed by atoms with van der Waals surface area (Å²) in [6, 6.07) is 5.10. The standard InChI is InChI=1S/C17H15NO9/c1-25-12-5-9(27-7-14(19)20)6-13(26-2)15(12)8-3-10(16(21)22)18-11(4-8)17(23)24/h3-6H,7H2,1-2H3,(H,19,20)(H,21,22)(H,23,24). The normalized spacial score (nSPS) is 10.1. The first kappa shape index (κ1) is 19.5. The lowest BCUT2D eigenvalue weighted by atomic mass is 10.0. The van der Waals surface area contributed by atoms with E-state index >= 15 is 0 Å². The van der Waals surface area contributed by atoms with Crippen LogP contribution in [0.1, 0.15) is 21.0 Å². The average Bonchev–Trinajstić information content (AvgIpc) is 2.64. The molecule has 0 bridgehead atoms. The van der Waals surface area contributed by atoms with Gasteiger partial charge in [-0.2, -0.15) is 0 Å². The number of rotatable bonds is 8. The summed E-state index contributed by atoms with van der Waals surface area (Å²) in [5.41, 5.74) is -0.506. The van der Waals surface area contributed by atoms with Crippen LogP contribution in [0.5, 0.6) is 17.2 Å². The summed E-state index contributed by atoms with van der Waals surface area (Å²) in [7, 11) is 2.66. The van der Waals surface area contributed by atoms with Crippen molar-refractivity contribution >= 4 is 17.9 Å². The van der Waals surface area contributed by atoms with Crippen LogP contribution in [-0.4, -0.2) is 59.0 Å². The Morgan fingerprint density at radius 2 is 1.37 bits per heavy atom. The summed E-state index contributed by atoms with van der Waals surface area (Å²) in [5.74, 6) is -3.52. The van der Waals surface area contributed by atoms with Gasteiger partial charge in [-0.15, -0.1) is 0 Å². The van der Waals surface area contributed by atoms with Gasteiger partial charge in [-0.3, -0.25) is 0 Å². The van der Waals surface area contributed by atoms with E-state index in [1.165, 1.54) is 38.5 Å². The summed E-state index contributed by atoms with van der Waals surface area (Å²) in [5, 5.41) is 27.1. The van der Waals surface area contributed by atoms with Gasteiger partial charge < -0.3 is 29.5 Å². The van der Waals surface area contributed by atoms with Gasteiger partial charge in [0.15, 0.2) is 6.61 Å². The van der Waals surface area contributed by atoms with E-state index in [9.17, 15) is 24.6 Å². The summed E-state index contributed by atoms with van der Waals surface area (Å²) in [6.45, 7) is -0.590. The minimum Gasteiger partial charge on any atom is -0.496 e. The van der Waals surface area contributed by atoms with Gasteiger partial charge in [-0.1, -0.05) is 0 Å². The van der Waals surface area contributed by atoms with Gasteiger partial charge in [0.25, 0.3) is 0 Å². The lowest BCUT2D eigenvalue weighted by Gasteiger charge is -2.16. The van der Waals surface area contributed by atoms with E-state index in [0.29, 0.717) is 0 Å². The van der Waals surface area contributed by atoms with Crippen LogP contribution in [0.15, 0.2) is 24.3 Å².